The van der Waals surface area contributed by atoms with Crippen LogP contribution in [0, 0.1) is 6.92 Å². The molecule has 1 aromatic heterocycles. The highest BCUT2D eigenvalue weighted by Crippen LogP contribution is 2.09. The van der Waals surface area contributed by atoms with Crippen LogP contribution in [0.1, 0.15) is 24.8 Å². The Balaban J connectivity index is 2.15. The molecule has 0 fully saturated rings. The molecule has 1 heteroatoms. The number of hydrogen-bond donors (Lipinski definition) is 0. The molecule has 0 saturated heterocycles. The Bertz CT molecular complexity index is 153. The lowest BCUT2D eigenvalue weighted by molar-refractivity contribution is 0.747. The van der Waals surface area contributed by atoms with E-state index in [1.165, 1.54) is 24.8 Å². The summed E-state index contributed by atoms with van der Waals surface area (Å²) < 4.78 is 0. The van der Waals surface area contributed by atoms with Crippen molar-refractivity contribution < 1.29 is 0 Å². The molecule has 1 aromatic rings. The van der Waals surface area contributed by atoms with Crippen LogP contribution in [0.3, 0.4) is 0 Å². The third-order valence-electron chi connectivity index (χ3n) is 1.55. The van der Waals surface area contributed by atoms with Crippen molar-refractivity contribution in [3.05, 3.63) is 29.3 Å². The van der Waals surface area contributed by atoms with Gasteiger partial charge in [0.25, 0.3) is 0 Å². The normalized spacial score (nSPS) is 10.1. The minimum Gasteiger partial charge on any atom is -0.152 e. The van der Waals surface area contributed by atoms with Crippen molar-refractivity contribution in [1.29, 1.82) is 0 Å². The van der Waals surface area contributed by atoms with Crippen molar-refractivity contribution in [3.8, 4) is 0 Å². The van der Waals surface area contributed by atoms with Crippen molar-refractivity contribution in [3.63, 3.8) is 0 Å². The number of rotatable bonds is 4. The fourth-order valence-electron chi connectivity index (χ4n) is 0.941. The van der Waals surface area contributed by atoms with Crippen LogP contribution < -0.4 is 0 Å². The van der Waals surface area contributed by atoms with E-state index in [0.717, 1.165) is 6.42 Å². The maximum atomic E-state index is 3.81. The molecule has 55 valence electrons. The van der Waals surface area contributed by atoms with E-state index in [2.05, 4.69) is 23.8 Å². The van der Waals surface area contributed by atoms with Crippen LogP contribution in [0.25, 0.3) is 0 Å². The monoisotopic (exact) mass is 153 g/mol. The third-order valence-corrected chi connectivity index (χ3v) is 2.28. The summed E-state index contributed by atoms with van der Waals surface area (Å²) in [5, 5.41) is 4.36. The number of unbranched alkanes of at least 4 members (excludes halogenated alkanes) is 2. The number of thiophene rings is 1. The molecule has 1 rings (SSSR count). The first-order chi connectivity index (χ1) is 4.93. The molecule has 0 amide bonds. The molecular weight excluding hydrogens is 140 g/mol. The highest BCUT2D eigenvalue weighted by Gasteiger charge is 1.90. The van der Waals surface area contributed by atoms with Crippen LogP contribution in [0.5, 0.6) is 0 Å². The van der Waals surface area contributed by atoms with Crippen LogP contribution in [0.15, 0.2) is 16.8 Å². The first-order valence-corrected chi connectivity index (χ1v) is 4.68. The molecule has 1 radical (unpaired) electrons. The molecular formula is C9H13S. The van der Waals surface area contributed by atoms with Crippen molar-refractivity contribution in [2.75, 3.05) is 0 Å². The maximum absolute atomic E-state index is 3.81. The van der Waals surface area contributed by atoms with Gasteiger partial charge in [0.05, 0.1) is 0 Å². The molecule has 0 aliphatic carbocycles. The van der Waals surface area contributed by atoms with Crippen LogP contribution in [-0.2, 0) is 6.42 Å². The standard InChI is InChI=1S/C9H13S/c1-2-3-4-5-9-6-7-10-8-9/h6-8H,1-5H2. The van der Waals surface area contributed by atoms with E-state index in [-0.39, 0.29) is 0 Å². The van der Waals surface area contributed by atoms with E-state index in [4.69, 9.17) is 0 Å². The molecule has 0 spiro atoms. The van der Waals surface area contributed by atoms with Gasteiger partial charge in [-0.25, -0.2) is 0 Å². The molecule has 0 aliphatic rings. The smallest absolute Gasteiger partial charge is 0.00613 e. The molecule has 0 N–H and O–H groups in total. The van der Waals surface area contributed by atoms with E-state index in [0.29, 0.717) is 0 Å². The molecule has 0 saturated carbocycles. The van der Waals surface area contributed by atoms with Gasteiger partial charge in [0.2, 0.25) is 0 Å². The first-order valence-electron chi connectivity index (χ1n) is 3.74. The van der Waals surface area contributed by atoms with Crippen LogP contribution in [0.4, 0.5) is 0 Å². The molecule has 10 heavy (non-hydrogen) atoms. The Hall–Kier alpha value is -0.300. The van der Waals surface area contributed by atoms with Gasteiger partial charge in [-0.15, -0.1) is 0 Å². The van der Waals surface area contributed by atoms with Crippen molar-refractivity contribution in [2.24, 2.45) is 0 Å². The molecule has 0 aliphatic heterocycles. The lowest BCUT2D eigenvalue weighted by atomic mass is 10.1. The zero-order valence-corrected chi connectivity index (χ0v) is 6.99. The molecule has 0 unspecified atom stereocenters. The van der Waals surface area contributed by atoms with Gasteiger partial charge in [0.15, 0.2) is 0 Å². The topological polar surface area (TPSA) is 0 Å². The second-order valence-electron chi connectivity index (χ2n) is 2.44. The second-order valence-corrected chi connectivity index (χ2v) is 3.22. The molecule has 0 nitrogen and oxygen atoms in total. The van der Waals surface area contributed by atoms with Crippen molar-refractivity contribution in [1.82, 2.24) is 0 Å². The minimum atomic E-state index is 1.07. The average Bonchev–Trinajstić information content (AvgIpc) is 2.41. The Kier molecular flexibility index (Phi) is 3.52. The fraction of sp³-hybridized carbons (Fsp3) is 0.444. The van der Waals surface area contributed by atoms with Gasteiger partial charge < -0.3 is 0 Å². The van der Waals surface area contributed by atoms with E-state index in [1.807, 2.05) is 0 Å². The highest BCUT2D eigenvalue weighted by molar-refractivity contribution is 7.07. The number of aryl methyl sites for hydroxylation is 1. The second kappa shape index (κ2) is 4.51. The van der Waals surface area contributed by atoms with Crippen LogP contribution in [-0.4, -0.2) is 0 Å². The summed E-state index contributed by atoms with van der Waals surface area (Å²) >= 11 is 1.78. The van der Waals surface area contributed by atoms with E-state index >= 15 is 0 Å². The van der Waals surface area contributed by atoms with Crippen LogP contribution >= 0.6 is 11.3 Å². The van der Waals surface area contributed by atoms with Gasteiger partial charge in [-0.2, -0.15) is 11.3 Å². The fourth-order valence-corrected chi connectivity index (χ4v) is 1.64. The van der Waals surface area contributed by atoms with Crippen molar-refractivity contribution in [2.45, 2.75) is 25.7 Å². The average molecular weight is 153 g/mol. The van der Waals surface area contributed by atoms with Gasteiger partial charge in [-0.3, -0.25) is 0 Å². The summed E-state index contributed by atoms with van der Waals surface area (Å²) in [6.45, 7) is 3.81. The quantitative estimate of drug-likeness (QED) is 0.582. The van der Waals surface area contributed by atoms with Gasteiger partial charge in [-0.1, -0.05) is 19.8 Å². The Morgan fingerprint density at radius 2 is 2.30 bits per heavy atom. The first kappa shape index (κ1) is 7.80. The molecule has 0 aromatic carbocycles. The Labute approximate surface area is 66.9 Å². The van der Waals surface area contributed by atoms with E-state index < -0.39 is 0 Å². The summed E-state index contributed by atoms with van der Waals surface area (Å²) in [6, 6.07) is 2.20. The van der Waals surface area contributed by atoms with Crippen LogP contribution in [0.2, 0.25) is 0 Å². The van der Waals surface area contributed by atoms with Gasteiger partial charge in [-0.05, 0) is 35.2 Å². The summed E-state index contributed by atoms with van der Waals surface area (Å²) in [7, 11) is 0. The van der Waals surface area contributed by atoms with Crippen molar-refractivity contribution >= 4 is 11.3 Å². The minimum absolute atomic E-state index is 1.07. The summed E-state index contributed by atoms with van der Waals surface area (Å²) in [4.78, 5) is 0. The lowest BCUT2D eigenvalue weighted by Gasteiger charge is -1.93. The maximum Gasteiger partial charge on any atom is -0.00613 e. The molecule has 1 heterocycles. The summed E-state index contributed by atoms with van der Waals surface area (Å²) in [5.41, 5.74) is 1.48. The molecule has 0 bridgehead atoms. The SMILES string of the molecule is [CH2]CCCCc1ccsc1. The highest BCUT2D eigenvalue weighted by atomic mass is 32.1. The Morgan fingerprint density at radius 3 is 2.90 bits per heavy atom. The van der Waals surface area contributed by atoms with E-state index in [9.17, 15) is 0 Å². The predicted molar refractivity (Wildman–Crippen MR) is 47.2 cm³/mol. The lowest BCUT2D eigenvalue weighted by Crippen LogP contribution is -1.80. The summed E-state index contributed by atoms with van der Waals surface area (Å²) in [5.74, 6) is 0. The largest absolute Gasteiger partial charge is 0.152 e. The van der Waals surface area contributed by atoms with Gasteiger partial charge in [0.1, 0.15) is 0 Å². The zero-order valence-electron chi connectivity index (χ0n) is 6.18. The van der Waals surface area contributed by atoms with Gasteiger partial charge >= 0.3 is 0 Å². The predicted octanol–water partition coefficient (Wildman–Crippen LogP) is 3.29. The van der Waals surface area contributed by atoms with E-state index in [1.54, 1.807) is 11.3 Å². The Morgan fingerprint density at radius 1 is 1.40 bits per heavy atom. The van der Waals surface area contributed by atoms with Gasteiger partial charge in [0, 0.05) is 0 Å². The molecule has 0 atom stereocenters. The summed E-state index contributed by atoms with van der Waals surface area (Å²) in [6.07, 6.45) is 4.86. The third kappa shape index (κ3) is 2.53. The zero-order chi connectivity index (χ0) is 7.23. The number of hydrogen-bond acceptors (Lipinski definition) is 1.